The summed E-state index contributed by atoms with van der Waals surface area (Å²) in [6, 6.07) is 0. The molecule has 0 bridgehead atoms. The van der Waals surface area contributed by atoms with Crippen molar-refractivity contribution >= 4 is 6.09 Å². The fourth-order valence-electron chi connectivity index (χ4n) is 0.542. The average Bonchev–Trinajstić information content (AvgIpc) is 1.87. The normalized spacial score (nSPS) is 7.64. The Kier molecular flexibility index (Phi) is 8.61. The topological polar surface area (TPSA) is 40.5 Å². The minimum Gasteiger partial charge on any atom is -0.465 e. The van der Waals surface area contributed by atoms with Crippen LogP contribution in [0.25, 0.3) is 0 Å². The molecule has 1 amide bonds. The molecule has 0 saturated carbocycles. The fourth-order valence-corrected chi connectivity index (χ4v) is 0.542. The van der Waals surface area contributed by atoms with Crippen LogP contribution in [0.1, 0.15) is 0 Å². The zero-order valence-electron chi connectivity index (χ0n) is 6.10. The SMILES string of the molecule is C=CCN(CC=C)C(=O)O.[Ni]. The maximum absolute atomic E-state index is 10.3. The molecule has 1 N–H and O–H groups in total. The minimum absolute atomic E-state index is 0. The van der Waals surface area contributed by atoms with E-state index in [1.807, 2.05) is 0 Å². The Bertz CT molecular complexity index is 137. The zero-order valence-corrected chi connectivity index (χ0v) is 7.09. The molecular formula is C7H11NNiO2. The van der Waals surface area contributed by atoms with Gasteiger partial charge in [0.25, 0.3) is 0 Å². The molecule has 0 aromatic heterocycles. The van der Waals surface area contributed by atoms with Gasteiger partial charge in [-0.3, -0.25) is 0 Å². The third-order valence-corrected chi connectivity index (χ3v) is 0.969. The standard InChI is InChI=1S/C7H11NO2.Ni/c1-3-5-8(6-4-2)7(9)10;/h3-4H,1-2,5-6H2,(H,9,10);. The van der Waals surface area contributed by atoms with Gasteiger partial charge in [-0.05, 0) is 0 Å². The van der Waals surface area contributed by atoms with E-state index in [4.69, 9.17) is 5.11 Å². The molecule has 0 unspecified atom stereocenters. The van der Waals surface area contributed by atoms with Crippen molar-refractivity contribution < 1.29 is 26.4 Å². The van der Waals surface area contributed by atoms with E-state index in [1.54, 1.807) is 0 Å². The molecule has 4 heteroatoms. The molecule has 0 atom stereocenters. The Morgan fingerprint density at radius 1 is 1.36 bits per heavy atom. The summed E-state index contributed by atoms with van der Waals surface area (Å²) in [5.41, 5.74) is 0. The number of carboxylic acid groups (broad SMARTS) is 1. The Balaban J connectivity index is 0. The molecular weight excluding hydrogens is 189 g/mol. The predicted molar refractivity (Wildman–Crippen MR) is 40.0 cm³/mol. The van der Waals surface area contributed by atoms with Crippen molar-refractivity contribution in [3.05, 3.63) is 25.3 Å². The van der Waals surface area contributed by atoms with Crippen molar-refractivity contribution in [2.24, 2.45) is 0 Å². The van der Waals surface area contributed by atoms with Crippen LogP contribution < -0.4 is 0 Å². The molecule has 0 aliphatic heterocycles. The maximum Gasteiger partial charge on any atom is 0.407 e. The monoisotopic (exact) mass is 199 g/mol. The molecule has 3 nitrogen and oxygen atoms in total. The molecule has 0 rings (SSSR count). The molecule has 0 heterocycles. The molecule has 0 aromatic rings. The van der Waals surface area contributed by atoms with Crippen molar-refractivity contribution in [1.82, 2.24) is 4.90 Å². The molecule has 0 spiro atoms. The summed E-state index contributed by atoms with van der Waals surface area (Å²) in [6.45, 7) is 7.55. The summed E-state index contributed by atoms with van der Waals surface area (Å²) in [7, 11) is 0. The second kappa shape index (κ2) is 7.35. The summed E-state index contributed by atoms with van der Waals surface area (Å²) >= 11 is 0. The molecule has 0 saturated heterocycles. The van der Waals surface area contributed by atoms with Crippen molar-refractivity contribution in [2.45, 2.75) is 0 Å². The Labute approximate surface area is 76.3 Å². The summed E-state index contributed by atoms with van der Waals surface area (Å²) in [4.78, 5) is 11.5. The van der Waals surface area contributed by atoms with Crippen LogP contribution in [-0.4, -0.2) is 29.2 Å². The van der Waals surface area contributed by atoms with Gasteiger partial charge in [0.2, 0.25) is 0 Å². The largest absolute Gasteiger partial charge is 0.465 e. The van der Waals surface area contributed by atoms with Gasteiger partial charge in [-0.1, -0.05) is 12.2 Å². The molecule has 0 aliphatic rings. The van der Waals surface area contributed by atoms with Crippen LogP contribution in [0.4, 0.5) is 4.79 Å². The van der Waals surface area contributed by atoms with Crippen molar-refractivity contribution in [3.8, 4) is 0 Å². The van der Waals surface area contributed by atoms with Gasteiger partial charge in [-0.2, -0.15) is 0 Å². The summed E-state index contributed by atoms with van der Waals surface area (Å²) in [5.74, 6) is 0. The van der Waals surface area contributed by atoms with E-state index in [0.29, 0.717) is 13.1 Å². The quantitative estimate of drug-likeness (QED) is 0.549. The van der Waals surface area contributed by atoms with Gasteiger partial charge >= 0.3 is 6.09 Å². The Morgan fingerprint density at radius 2 is 1.73 bits per heavy atom. The third kappa shape index (κ3) is 5.68. The number of nitrogens with zero attached hydrogens (tertiary/aromatic N) is 1. The Morgan fingerprint density at radius 3 is 1.91 bits per heavy atom. The smallest absolute Gasteiger partial charge is 0.407 e. The second-order valence-corrected chi connectivity index (χ2v) is 1.76. The van der Waals surface area contributed by atoms with E-state index >= 15 is 0 Å². The molecule has 0 aliphatic carbocycles. The van der Waals surface area contributed by atoms with Gasteiger partial charge in [-0.25, -0.2) is 4.79 Å². The van der Waals surface area contributed by atoms with E-state index in [-0.39, 0.29) is 16.5 Å². The zero-order chi connectivity index (χ0) is 7.98. The van der Waals surface area contributed by atoms with Crippen LogP contribution in [0.3, 0.4) is 0 Å². The first kappa shape index (κ1) is 12.9. The Hall–Kier alpha value is -0.756. The summed E-state index contributed by atoms with van der Waals surface area (Å²) in [5, 5.41) is 8.47. The fraction of sp³-hybridized carbons (Fsp3) is 0.286. The average molecular weight is 200 g/mol. The summed E-state index contributed by atoms with van der Waals surface area (Å²) in [6.07, 6.45) is 2.13. The van der Waals surface area contributed by atoms with Crippen LogP contribution in [0, 0.1) is 0 Å². The molecule has 0 aromatic carbocycles. The van der Waals surface area contributed by atoms with E-state index in [1.165, 1.54) is 17.1 Å². The van der Waals surface area contributed by atoms with Gasteiger partial charge in [0, 0.05) is 29.6 Å². The van der Waals surface area contributed by atoms with E-state index in [9.17, 15) is 4.79 Å². The number of carbonyl (C=O) groups is 1. The van der Waals surface area contributed by atoms with E-state index in [2.05, 4.69) is 13.2 Å². The van der Waals surface area contributed by atoms with Crippen molar-refractivity contribution in [3.63, 3.8) is 0 Å². The van der Waals surface area contributed by atoms with Crippen LogP contribution in [0.15, 0.2) is 25.3 Å². The van der Waals surface area contributed by atoms with Crippen molar-refractivity contribution in [1.29, 1.82) is 0 Å². The third-order valence-electron chi connectivity index (χ3n) is 0.969. The molecule has 11 heavy (non-hydrogen) atoms. The molecule has 66 valence electrons. The van der Waals surface area contributed by atoms with Crippen LogP contribution in [-0.2, 0) is 16.5 Å². The van der Waals surface area contributed by atoms with E-state index in [0.717, 1.165) is 0 Å². The first-order valence-corrected chi connectivity index (χ1v) is 2.92. The number of rotatable bonds is 4. The van der Waals surface area contributed by atoms with Crippen LogP contribution in [0.5, 0.6) is 0 Å². The van der Waals surface area contributed by atoms with Crippen LogP contribution in [0.2, 0.25) is 0 Å². The minimum atomic E-state index is -0.945. The van der Waals surface area contributed by atoms with Crippen LogP contribution >= 0.6 is 0 Å². The maximum atomic E-state index is 10.3. The predicted octanol–water partition coefficient (Wildman–Crippen LogP) is 1.34. The van der Waals surface area contributed by atoms with E-state index < -0.39 is 6.09 Å². The molecule has 0 radical (unpaired) electrons. The van der Waals surface area contributed by atoms with Gasteiger partial charge in [-0.15, -0.1) is 13.2 Å². The number of amides is 1. The second-order valence-electron chi connectivity index (χ2n) is 1.76. The number of hydrogen-bond donors (Lipinski definition) is 1. The van der Waals surface area contributed by atoms with Gasteiger partial charge in [0.05, 0.1) is 0 Å². The summed E-state index contributed by atoms with van der Waals surface area (Å²) < 4.78 is 0. The first-order valence-electron chi connectivity index (χ1n) is 2.92. The first-order chi connectivity index (χ1) is 4.72. The van der Waals surface area contributed by atoms with Gasteiger partial charge in [0.15, 0.2) is 0 Å². The van der Waals surface area contributed by atoms with Crippen molar-refractivity contribution in [2.75, 3.05) is 13.1 Å². The number of hydrogen-bond acceptors (Lipinski definition) is 1. The molecule has 0 fully saturated rings. The van der Waals surface area contributed by atoms with Gasteiger partial charge in [0.1, 0.15) is 0 Å². The van der Waals surface area contributed by atoms with Gasteiger partial charge < -0.3 is 10.0 Å².